The number of methoxy groups -OCH3 is 1. The van der Waals surface area contributed by atoms with E-state index in [2.05, 4.69) is 34.4 Å². The molecule has 0 fully saturated rings. The van der Waals surface area contributed by atoms with Crippen LogP contribution in [0.1, 0.15) is 18.4 Å². The summed E-state index contributed by atoms with van der Waals surface area (Å²) in [5, 5.41) is 9.66. The molecule has 0 aliphatic heterocycles. The summed E-state index contributed by atoms with van der Waals surface area (Å²) in [6.45, 7) is 0.799. The van der Waals surface area contributed by atoms with Crippen LogP contribution in [-0.4, -0.2) is 29.4 Å². The second-order valence-corrected chi connectivity index (χ2v) is 5.09. The van der Waals surface area contributed by atoms with E-state index in [9.17, 15) is 5.11 Å². The smallest absolute Gasteiger partial charge is 0.118 e. The van der Waals surface area contributed by atoms with E-state index >= 15 is 0 Å². The molecule has 4 heteroatoms. The lowest BCUT2D eigenvalue weighted by Crippen LogP contribution is -2.14. The van der Waals surface area contributed by atoms with Crippen molar-refractivity contribution in [2.75, 3.05) is 18.1 Å². The lowest BCUT2D eigenvalue weighted by Gasteiger charge is -2.08. The van der Waals surface area contributed by atoms with Crippen molar-refractivity contribution >= 4 is 22.6 Å². The molecule has 0 radical (unpaired) electrons. The van der Waals surface area contributed by atoms with Crippen molar-refractivity contribution in [3.8, 4) is 17.6 Å². The summed E-state index contributed by atoms with van der Waals surface area (Å²) in [6, 6.07) is 7.69. The van der Waals surface area contributed by atoms with Gasteiger partial charge in [-0.05, 0) is 17.7 Å². The molecule has 19 heavy (non-hydrogen) atoms. The first-order valence-electron chi connectivity index (χ1n) is 6.16. The lowest BCUT2D eigenvalue weighted by molar-refractivity contribution is 0.0311. The van der Waals surface area contributed by atoms with Gasteiger partial charge < -0.3 is 14.6 Å². The number of aliphatic hydroxyl groups excluding tert-OH is 1. The summed E-state index contributed by atoms with van der Waals surface area (Å²) >= 11 is 2.28. The molecule has 1 aromatic carbocycles. The predicted molar refractivity (Wildman–Crippen MR) is 84.6 cm³/mol. The predicted octanol–water partition coefficient (Wildman–Crippen LogP) is 2.79. The highest BCUT2D eigenvalue weighted by atomic mass is 127. The summed E-state index contributed by atoms with van der Waals surface area (Å²) in [5.74, 6) is 6.78. The topological polar surface area (TPSA) is 38.7 Å². The fourth-order valence-corrected chi connectivity index (χ4v) is 1.69. The van der Waals surface area contributed by atoms with Crippen molar-refractivity contribution in [1.82, 2.24) is 0 Å². The van der Waals surface area contributed by atoms with Gasteiger partial charge in [0.05, 0.1) is 26.4 Å². The van der Waals surface area contributed by atoms with E-state index in [0.29, 0.717) is 19.6 Å². The van der Waals surface area contributed by atoms with E-state index in [0.717, 1.165) is 22.2 Å². The van der Waals surface area contributed by atoms with Crippen LogP contribution in [0.3, 0.4) is 0 Å². The van der Waals surface area contributed by atoms with Gasteiger partial charge in [-0.15, -0.1) is 11.8 Å². The fraction of sp³-hybridized carbons (Fsp3) is 0.467. The van der Waals surface area contributed by atoms with Crippen molar-refractivity contribution in [3.05, 3.63) is 29.8 Å². The molecular weight excluding hydrogens is 355 g/mol. The van der Waals surface area contributed by atoms with Gasteiger partial charge >= 0.3 is 0 Å². The molecule has 0 amide bonds. The summed E-state index contributed by atoms with van der Waals surface area (Å²) in [5.41, 5.74) is 1.06. The minimum Gasteiger partial charge on any atom is -0.497 e. The van der Waals surface area contributed by atoms with Gasteiger partial charge in [0.1, 0.15) is 5.75 Å². The third-order valence-electron chi connectivity index (χ3n) is 2.42. The van der Waals surface area contributed by atoms with Gasteiger partial charge in [0, 0.05) is 17.3 Å². The van der Waals surface area contributed by atoms with Crippen molar-refractivity contribution in [1.29, 1.82) is 0 Å². The maximum atomic E-state index is 9.66. The van der Waals surface area contributed by atoms with Crippen LogP contribution in [-0.2, 0) is 11.3 Å². The molecule has 0 saturated heterocycles. The maximum Gasteiger partial charge on any atom is 0.118 e. The Morgan fingerprint density at radius 1 is 1.26 bits per heavy atom. The standard InChI is InChI=1S/C15H19IO3/c1-18-15-8-6-13(7-9-15)11-19-12-14(17)5-3-2-4-10-16/h6-9,14,17H,4-5,10-12H2,1H3/t14-/m1/s1. The van der Waals surface area contributed by atoms with Crippen LogP contribution in [0.25, 0.3) is 0 Å². The van der Waals surface area contributed by atoms with Crippen molar-refractivity contribution in [2.45, 2.75) is 25.6 Å². The Hall–Kier alpha value is -0.770. The first-order chi connectivity index (χ1) is 9.26. The van der Waals surface area contributed by atoms with E-state index in [-0.39, 0.29) is 0 Å². The Morgan fingerprint density at radius 3 is 2.63 bits per heavy atom. The van der Waals surface area contributed by atoms with Gasteiger partial charge in [-0.2, -0.15) is 0 Å². The Labute approximate surface area is 128 Å². The number of benzene rings is 1. The highest BCUT2D eigenvalue weighted by Gasteiger charge is 2.02. The molecule has 0 bridgehead atoms. The minimum absolute atomic E-state index is 0.310. The number of halogens is 1. The molecule has 0 unspecified atom stereocenters. The average molecular weight is 374 g/mol. The van der Waals surface area contributed by atoms with E-state index < -0.39 is 6.10 Å². The zero-order chi connectivity index (χ0) is 13.9. The maximum absolute atomic E-state index is 9.66. The number of alkyl halides is 1. The normalized spacial score (nSPS) is 11.5. The van der Waals surface area contributed by atoms with Crippen LogP contribution < -0.4 is 4.74 Å². The van der Waals surface area contributed by atoms with Crippen LogP contribution in [0.15, 0.2) is 24.3 Å². The zero-order valence-corrected chi connectivity index (χ0v) is 13.2. The van der Waals surface area contributed by atoms with Gasteiger partial charge in [-0.3, -0.25) is 0 Å². The second kappa shape index (κ2) is 10.1. The van der Waals surface area contributed by atoms with Gasteiger partial charge in [0.25, 0.3) is 0 Å². The van der Waals surface area contributed by atoms with Crippen LogP contribution in [0.4, 0.5) is 0 Å². The highest BCUT2D eigenvalue weighted by molar-refractivity contribution is 14.1. The van der Waals surface area contributed by atoms with E-state index in [1.54, 1.807) is 7.11 Å². The number of aliphatic hydroxyl groups is 1. The molecule has 1 atom stereocenters. The van der Waals surface area contributed by atoms with Gasteiger partial charge in [-0.25, -0.2) is 0 Å². The Kier molecular flexibility index (Phi) is 8.63. The molecule has 0 spiro atoms. The second-order valence-electron chi connectivity index (χ2n) is 4.01. The lowest BCUT2D eigenvalue weighted by atomic mass is 10.2. The van der Waals surface area contributed by atoms with Gasteiger partial charge in [0.15, 0.2) is 0 Å². The van der Waals surface area contributed by atoms with Crippen LogP contribution in [0.2, 0.25) is 0 Å². The van der Waals surface area contributed by atoms with E-state index in [1.807, 2.05) is 24.3 Å². The van der Waals surface area contributed by atoms with Crippen LogP contribution in [0, 0.1) is 11.8 Å². The van der Waals surface area contributed by atoms with Crippen LogP contribution >= 0.6 is 22.6 Å². The molecular formula is C15H19IO3. The quantitative estimate of drug-likeness (QED) is 0.453. The number of hydrogen-bond acceptors (Lipinski definition) is 3. The summed E-state index contributed by atoms with van der Waals surface area (Å²) < 4.78 is 11.6. The molecule has 1 aromatic rings. The Morgan fingerprint density at radius 2 is 2.00 bits per heavy atom. The number of hydrogen-bond donors (Lipinski definition) is 1. The first-order valence-corrected chi connectivity index (χ1v) is 7.69. The fourth-order valence-electron chi connectivity index (χ4n) is 1.42. The van der Waals surface area contributed by atoms with Gasteiger partial charge in [0.2, 0.25) is 0 Å². The third kappa shape index (κ3) is 7.41. The monoisotopic (exact) mass is 374 g/mol. The summed E-state index contributed by atoms with van der Waals surface area (Å²) in [4.78, 5) is 0. The molecule has 1 rings (SSSR count). The SMILES string of the molecule is COc1ccc(COC[C@H](O)CC#CCCI)cc1. The molecule has 0 aliphatic carbocycles. The van der Waals surface area contributed by atoms with Gasteiger partial charge in [-0.1, -0.05) is 34.7 Å². The highest BCUT2D eigenvalue weighted by Crippen LogP contribution is 2.12. The molecule has 0 heterocycles. The molecule has 3 nitrogen and oxygen atoms in total. The third-order valence-corrected chi connectivity index (χ3v) is 2.96. The largest absolute Gasteiger partial charge is 0.497 e. The van der Waals surface area contributed by atoms with Crippen LogP contribution in [0.5, 0.6) is 5.75 Å². The molecule has 0 aliphatic rings. The van der Waals surface area contributed by atoms with E-state index in [1.165, 1.54) is 0 Å². The summed E-state index contributed by atoms with van der Waals surface area (Å²) in [6.07, 6.45) is 0.833. The molecule has 1 N–H and O–H groups in total. The first kappa shape index (κ1) is 16.3. The Bertz CT molecular complexity index is 406. The molecule has 0 saturated carbocycles. The molecule has 104 valence electrons. The molecule has 0 aromatic heterocycles. The summed E-state index contributed by atoms with van der Waals surface area (Å²) in [7, 11) is 1.64. The van der Waals surface area contributed by atoms with Crippen molar-refractivity contribution < 1.29 is 14.6 Å². The Balaban J connectivity index is 2.20. The zero-order valence-electron chi connectivity index (χ0n) is 11.1. The minimum atomic E-state index is -0.514. The average Bonchev–Trinajstić information content (AvgIpc) is 2.44. The number of rotatable bonds is 7. The van der Waals surface area contributed by atoms with E-state index in [4.69, 9.17) is 9.47 Å². The van der Waals surface area contributed by atoms with Crippen molar-refractivity contribution in [2.24, 2.45) is 0 Å². The number of ether oxygens (including phenoxy) is 2. The van der Waals surface area contributed by atoms with Crippen molar-refractivity contribution in [3.63, 3.8) is 0 Å².